The first-order chi connectivity index (χ1) is 8.76. The molecule has 0 aliphatic carbocycles. The molecule has 96 valence electrons. The second-order valence-electron chi connectivity index (χ2n) is 3.63. The number of thiophene rings is 1. The summed E-state index contributed by atoms with van der Waals surface area (Å²) in [5, 5.41) is 5.29. The maximum absolute atomic E-state index is 5.36. The van der Waals surface area contributed by atoms with Crippen molar-refractivity contribution in [3.8, 4) is 5.75 Å². The summed E-state index contributed by atoms with van der Waals surface area (Å²) in [5.41, 5.74) is 3.74. The number of ether oxygens (including phenoxy) is 1. The van der Waals surface area contributed by atoms with Gasteiger partial charge in [0.15, 0.2) is 11.6 Å². The van der Waals surface area contributed by atoms with Crippen LogP contribution in [0.15, 0.2) is 17.8 Å². The topological polar surface area (TPSA) is 85.1 Å². The first-order valence-electron chi connectivity index (χ1n) is 5.38. The van der Waals surface area contributed by atoms with E-state index >= 15 is 0 Å². The van der Waals surface area contributed by atoms with E-state index in [2.05, 4.69) is 39.1 Å². The molecule has 0 amide bonds. The van der Waals surface area contributed by atoms with Gasteiger partial charge in [-0.1, -0.05) is 0 Å². The Balaban J connectivity index is 2.16. The number of nitrogen functional groups attached to an aromatic ring is 1. The van der Waals surface area contributed by atoms with Crippen molar-refractivity contribution in [2.24, 2.45) is 5.84 Å². The smallest absolute Gasteiger partial charge is 0.205 e. The summed E-state index contributed by atoms with van der Waals surface area (Å²) in [6, 6.07) is 2.09. The number of aromatic nitrogens is 2. The molecule has 0 radical (unpaired) electrons. The number of hydrogen-bond acceptors (Lipinski definition) is 7. The monoisotopic (exact) mass is 265 g/mol. The minimum absolute atomic E-state index is 0.456. The quantitative estimate of drug-likeness (QED) is 0.564. The standard InChI is InChI=1S/C11H15N5OS/c1-7-3-4-18-8(7)5-13-10-9(17-2)11(16-12)15-6-14-10/h3-4,6H,5,12H2,1-2H3,(H2,13,14,15,16). The Morgan fingerprint density at radius 2 is 2.17 bits per heavy atom. The Morgan fingerprint density at radius 1 is 1.39 bits per heavy atom. The van der Waals surface area contributed by atoms with Crippen LogP contribution in [0, 0.1) is 6.92 Å². The van der Waals surface area contributed by atoms with Crippen LogP contribution < -0.4 is 21.3 Å². The van der Waals surface area contributed by atoms with Crippen LogP contribution in [0.4, 0.5) is 11.6 Å². The van der Waals surface area contributed by atoms with Crippen LogP contribution in [0.1, 0.15) is 10.4 Å². The lowest BCUT2D eigenvalue weighted by Crippen LogP contribution is -2.12. The van der Waals surface area contributed by atoms with Crippen LogP contribution in [0.25, 0.3) is 0 Å². The van der Waals surface area contributed by atoms with Crippen molar-refractivity contribution >= 4 is 23.0 Å². The van der Waals surface area contributed by atoms with E-state index in [9.17, 15) is 0 Å². The van der Waals surface area contributed by atoms with Gasteiger partial charge in [0.2, 0.25) is 5.75 Å². The fourth-order valence-electron chi connectivity index (χ4n) is 1.55. The van der Waals surface area contributed by atoms with Gasteiger partial charge in [-0.05, 0) is 23.9 Å². The zero-order valence-electron chi connectivity index (χ0n) is 10.2. The molecular weight excluding hydrogens is 250 g/mol. The largest absolute Gasteiger partial charge is 0.490 e. The number of anilines is 2. The van der Waals surface area contributed by atoms with Gasteiger partial charge in [-0.3, -0.25) is 0 Å². The van der Waals surface area contributed by atoms with E-state index < -0.39 is 0 Å². The van der Waals surface area contributed by atoms with Crippen LogP contribution in [0.5, 0.6) is 5.75 Å². The van der Waals surface area contributed by atoms with Crippen LogP contribution in [0.3, 0.4) is 0 Å². The lowest BCUT2D eigenvalue weighted by molar-refractivity contribution is 0.414. The summed E-state index contributed by atoms with van der Waals surface area (Å²) in [7, 11) is 1.56. The third-order valence-corrected chi connectivity index (χ3v) is 3.55. The molecule has 2 rings (SSSR count). The van der Waals surface area contributed by atoms with Crippen molar-refractivity contribution in [1.82, 2.24) is 9.97 Å². The fraction of sp³-hybridized carbons (Fsp3) is 0.273. The normalized spacial score (nSPS) is 10.2. The summed E-state index contributed by atoms with van der Waals surface area (Å²) >= 11 is 1.71. The number of hydrogen-bond donors (Lipinski definition) is 3. The maximum Gasteiger partial charge on any atom is 0.205 e. The van der Waals surface area contributed by atoms with E-state index in [4.69, 9.17) is 10.6 Å². The maximum atomic E-state index is 5.36. The highest BCUT2D eigenvalue weighted by Crippen LogP contribution is 2.29. The molecule has 0 aliphatic rings. The molecule has 0 bridgehead atoms. The van der Waals surface area contributed by atoms with Crippen molar-refractivity contribution in [2.45, 2.75) is 13.5 Å². The summed E-state index contributed by atoms with van der Waals surface area (Å²) in [4.78, 5) is 9.39. The molecule has 6 nitrogen and oxygen atoms in total. The average Bonchev–Trinajstić information content (AvgIpc) is 2.81. The third kappa shape index (κ3) is 2.52. The fourth-order valence-corrected chi connectivity index (χ4v) is 2.39. The van der Waals surface area contributed by atoms with E-state index in [0.29, 0.717) is 23.9 Å². The highest BCUT2D eigenvalue weighted by Gasteiger charge is 2.11. The van der Waals surface area contributed by atoms with E-state index in [0.717, 1.165) is 0 Å². The molecule has 0 saturated carbocycles. The lowest BCUT2D eigenvalue weighted by Gasteiger charge is -2.12. The summed E-state index contributed by atoms with van der Waals surface area (Å²) in [6.45, 7) is 2.78. The van der Waals surface area contributed by atoms with Crippen molar-refractivity contribution < 1.29 is 4.74 Å². The zero-order valence-corrected chi connectivity index (χ0v) is 11.0. The van der Waals surface area contributed by atoms with Gasteiger partial charge in [0.25, 0.3) is 0 Å². The molecule has 0 fully saturated rings. The van der Waals surface area contributed by atoms with Crippen molar-refractivity contribution in [2.75, 3.05) is 17.9 Å². The molecule has 0 spiro atoms. The Morgan fingerprint density at radius 3 is 2.78 bits per heavy atom. The number of rotatable bonds is 5. The minimum Gasteiger partial charge on any atom is -0.490 e. The predicted octanol–water partition coefficient (Wildman–Crippen LogP) is 1.75. The first kappa shape index (κ1) is 12.6. The second kappa shape index (κ2) is 5.65. The van der Waals surface area contributed by atoms with Crippen molar-refractivity contribution in [1.29, 1.82) is 0 Å². The van der Waals surface area contributed by atoms with Gasteiger partial charge in [0.1, 0.15) is 6.33 Å². The van der Waals surface area contributed by atoms with Gasteiger partial charge in [0, 0.05) is 4.88 Å². The molecule has 0 saturated heterocycles. The minimum atomic E-state index is 0.456. The number of aryl methyl sites for hydroxylation is 1. The van der Waals surface area contributed by atoms with Gasteiger partial charge in [0.05, 0.1) is 13.7 Å². The van der Waals surface area contributed by atoms with Gasteiger partial charge in [-0.15, -0.1) is 11.3 Å². The summed E-state index contributed by atoms with van der Waals surface area (Å²) < 4.78 is 5.24. The van der Waals surface area contributed by atoms with Crippen molar-refractivity contribution in [3.05, 3.63) is 28.2 Å². The van der Waals surface area contributed by atoms with Crippen molar-refractivity contribution in [3.63, 3.8) is 0 Å². The Hall–Kier alpha value is -1.86. The second-order valence-corrected chi connectivity index (χ2v) is 4.63. The van der Waals surface area contributed by atoms with Gasteiger partial charge in [-0.25, -0.2) is 15.8 Å². The van der Waals surface area contributed by atoms with E-state index in [-0.39, 0.29) is 0 Å². The highest BCUT2D eigenvalue weighted by molar-refractivity contribution is 7.10. The lowest BCUT2D eigenvalue weighted by atomic mass is 10.3. The van der Waals surface area contributed by atoms with Crippen LogP contribution >= 0.6 is 11.3 Å². The molecule has 2 aromatic rings. The molecule has 0 atom stereocenters. The SMILES string of the molecule is COc1c(NN)ncnc1NCc1sccc1C. The molecule has 0 aromatic carbocycles. The predicted molar refractivity (Wildman–Crippen MR) is 72.8 cm³/mol. The molecule has 2 aromatic heterocycles. The zero-order chi connectivity index (χ0) is 13.0. The number of nitrogens with one attached hydrogen (secondary N) is 2. The molecule has 7 heteroatoms. The summed E-state index contributed by atoms with van der Waals surface area (Å²) in [6.07, 6.45) is 1.43. The van der Waals surface area contributed by atoms with Crippen LogP contribution in [0.2, 0.25) is 0 Å². The van der Waals surface area contributed by atoms with Crippen LogP contribution in [-0.2, 0) is 6.54 Å². The van der Waals surface area contributed by atoms with Gasteiger partial charge >= 0.3 is 0 Å². The van der Waals surface area contributed by atoms with Gasteiger partial charge in [-0.2, -0.15) is 0 Å². The molecule has 18 heavy (non-hydrogen) atoms. The molecular formula is C11H15N5OS. The Bertz CT molecular complexity index is 528. The average molecular weight is 265 g/mol. The number of methoxy groups -OCH3 is 1. The highest BCUT2D eigenvalue weighted by atomic mass is 32.1. The third-order valence-electron chi connectivity index (χ3n) is 2.53. The van der Waals surface area contributed by atoms with Gasteiger partial charge < -0.3 is 15.5 Å². The Kier molecular flexibility index (Phi) is 3.96. The van der Waals surface area contributed by atoms with E-state index in [1.807, 2.05) is 0 Å². The van der Waals surface area contributed by atoms with Crippen LogP contribution in [-0.4, -0.2) is 17.1 Å². The molecule has 4 N–H and O–H groups in total. The van der Waals surface area contributed by atoms with E-state index in [1.54, 1.807) is 18.4 Å². The molecule has 2 heterocycles. The summed E-state index contributed by atoms with van der Waals surface area (Å²) in [5.74, 6) is 6.95. The molecule has 0 unspecified atom stereocenters. The van der Waals surface area contributed by atoms with E-state index in [1.165, 1.54) is 16.8 Å². The Labute approximate surface area is 109 Å². The number of nitrogens with zero attached hydrogens (tertiary/aromatic N) is 2. The number of nitrogens with two attached hydrogens (primary N) is 1. The number of hydrazine groups is 1. The molecule has 0 aliphatic heterocycles. The first-order valence-corrected chi connectivity index (χ1v) is 6.26.